The summed E-state index contributed by atoms with van der Waals surface area (Å²) in [6.45, 7) is 8.55. The summed E-state index contributed by atoms with van der Waals surface area (Å²) in [5, 5.41) is 6.90. The third kappa shape index (κ3) is 4.94. The van der Waals surface area contributed by atoms with Gasteiger partial charge >= 0.3 is 0 Å². The van der Waals surface area contributed by atoms with Crippen LogP contribution in [0.25, 0.3) is 0 Å². The van der Waals surface area contributed by atoms with Crippen LogP contribution < -0.4 is 10.6 Å². The summed E-state index contributed by atoms with van der Waals surface area (Å²) in [5.74, 6) is 0. The molecule has 3 nitrogen and oxygen atoms in total. The Morgan fingerprint density at radius 1 is 1.50 bits per heavy atom. The van der Waals surface area contributed by atoms with Crippen LogP contribution in [-0.4, -0.2) is 38.4 Å². The van der Waals surface area contributed by atoms with Crippen LogP contribution in [0.4, 0.5) is 0 Å². The predicted molar refractivity (Wildman–Crippen MR) is 59.6 cm³/mol. The number of hydrogen-bond acceptors (Lipinski definition) is 3. The monoisotopic (exact) mass is 200 g/mol. The zero-order chi connectivity index (χ0) is 10.2. The molecule has 3 heteroatoms. The molecule has 2 atom stereocenters. The molecule has 1 aliphatic heterocycles. The van der Waals surface area contributed by atoms with Gasteiger partial charge in [-0.15, -0.1) is 0 Å². The first-order valence-corrected chi connectivity index (χ1v) is 5.88. The zero-order valence-corrected chi connectivity index (χ0v) is 9.51. The van der Waals surface area contributed by atoms with Gasteiger partial charge in [0.25, 0.3) is 0 Å². The third-order valence-corrected chi connectivity index (χ3v) is 2.60. The SMILES string of the molecule is CCCNCC(C)NC[C@@H]1CCCO1. The first-order valence-electron chi connectivity index (χ1n) is 5.88. The summed E-state index contributed by atoms with van der Waals surface area (Å²) in [6, 6.07) is 0.547. The van der Waals surface area contributed by atoms with E-state index in [2.05, 4.69) is 24.5 Å². The van der Waals surface area contributed by atoms with Crippen molar-refractivity contribution in [3.63, 3.8) is 0 Å². The van der Waals surface area contributed by atoms with Gasteiger partial charge in [-0.2, -0.15) is 0 Å². The molecule has 14 heavy (non-hydrogen) atoms. The van der Waals surface area contributed by atoms with Gasteiger partial charge in [0.1, 0.15) is 0 Å². The molecular formula is C11H24N2O. The van der Waals surface area contributed by atoms with Crippen LogP contribution in [0.1, 0.15) is 33.1 Å². The summed E-state index contributed by atoms with van der Waals surface area (Å²) in [6.07, 6.45) is 4.12. The Labute approximate surface area is 87.6 Å². The normalized spacial score (nSPS) is 24.0. The van der Waals surface area contributed by atoms with Crippen molar-refractivity contribution in [1.29, 1.82) is 0 Å². The second-order valence-electron chi connectivity index (χ2n) is 4.15. The van der Waals surface area contributed by atoms with E-state index in [9.17, 15) is 0 Å². The van der Waals surface area contributed by atoms with E-state index in [0.717, 1.165) is 26.2 Å². The molecular weight excluding hydrogens is 176 g/mol. The highest BCUT2D eigenvalue weighted by Crippen LogP contribution is 2.10. The van der Waals surface area contributed by atoms with Gasteiger partial charge in [0.15, 0.2) is 0 Å². The molecule has 0 aliphatic carbocycles. The van der Waals surface area contributed by atoms with Crippen LogP contribution in [0.3, 0.4) is 0 Å². The number of nitrogens with one attached hydrogen (secondary N) is 2. The second kappa shape index (κ2) is 7.21. The maximum Gasteiger partial charge on any atom is 0.0700 e. The molecule has 1 fully saturated rings. The van der Waals surface area contributed by atoms with E-state index in [1.54, 1.807) is 0 Å². The molecule has 0 amide bonds. The lowest BCUT2D eigenvalue weighted by Crippen LogP contribution is -2.40. The Bertz CT molecular complexity index is 135. The minimum atomic E-state index is 0.462. The van der Waals surface area contributed by atoms with Crippen molar-refractivity contribution in [2.75, 3.05) is 26.2 Å². The van der Waals surface area contributed by atoms with Crippen molar-refractivity contribution in [2.45, 2.75) is 45.3 Å². The van der Waals surface area contributed by atoms with Crippen LogP contribution in [0.15, 0.2) is 0 Å². The van der Waals surface area contributed by atoms with E-state index in [4.69, 9.17) is 4.74 Å². The second-order valence-corrected chi connectivity index (χ2v) is 4.15. The molecule has 84 valence electrons. The molecule has 1 unspecified atom stereocenters. The molecule has 0 aromatic heterocycles. The molecule has 0 aromatic rings. The molecule has 1 saturated heterocycles. The summed E-state index contributed by atoms with van der Waals surface area (Å²) < 4.78 is 5.55. The molecule has 1 rings (SSSR count). The first kappa shape index (κ1) is 12.0. The molecule has 0 spiro atoms. The Kier molecular flexibility index (Phi) is 6.15. The van der Waals surface area contributed by atoms with Gasteiger partial charge in [0, 0.05) is 25.7 Å². The molecule has 1 heterocycles. The fourth-order valence-corrected chi connectivity index (χ4v) is 1.71. The highest BCUT2D eigenvalue weighted by atomic mass is 16.5. The van der Waals surface area contributed by atoms with Gasteiger partial charge in [-0.05, 0) is 32.7 Å². The quantitative estimate of drug-likeness (QED) is 0.605. The van der Waals surface area contributed by atoms with Gasteiger partial charge in [-0.1, -0.05) is 6.92 Å². The van der Waals surface area contributed by atoms with Crippen LogP contribution in [0.5, 0.6) is 0 Å². The fourth-order valence-electron chi connectivity index (χ4n) is 1.71. The number of rotatable bonds is 7. The van der Waals surface area contributed by atoms with Crippen LogP contribution in [0, 0.1) is 0 Å². The molecule has 1 aliphatic rings. The molecule has 2 N–H and O–H groups in total. The van der Waals surface area contributed by atoms with E-state index in [1.807, 2.05) is 0 Å². The third-order valence-electron chi connectivity index (χ3n) is 2.60. The Morgan fingerprint density at radius 2 is 2.36 bits per heavy atom. The maximum atomic E-state index is 5.55. The zero-order valence-electron chi connectivity index (χ0n) is 9.51. The van der Waals surface area contributed by atoms with Gasteiger partial charge in [-0.3, -0.25) is 0 Å². The molecule has 0 saturated carbocycles. The van der Waals surface area contributed by atoms with Crippen molar-refractivity contribution in [3.8, 4) is 0 Å². The van der Waals surface area contributed by atoms with Crippen molar-refractivity contribution in [3.05, 3.63) is 0 Å². The van der Waals surface area contributed by atoms with Crippen molar-refractivity contribution >= 4 is 0 Å². The van der Waals surface area contributed by atoms with E-state index in [0.29, 0.717) is 12.1 Å². The average Bonchev–Trinajstić information content (AvgIpc) is 2.68. The van der Waals surface area contributed by atoms with Gasteiger partial charge in [-0.25, -0.2) is 0 Å². The Morgan fingerprint density at radius 3 is 3.00 bits per heavy atom. The van der Waals surface area contributed by atoms with E-state index < -0.39 is 0 Å². The molecule has 0 bridgehead atoms. The van der Waals surface area contributed by atoms with Crippen LogP contribution in [0.2, 0.25) is 0 Å². The summed E-state index contributed by atoms with van der Waals surface area (Å²) in [7, 11) is 0. The van der Waals surface area contributed by atoms with Crippen LogP contribution in [-0.2, 0) is 4.74 Å². The predicted octanol–water partition coefficient (Wildman–Crippen LogP) is 1.14. The summed E-state index contributed by atoms with van der Waals surface area (Å²) in [5.41, 5.74) is 0. The van der Waals surface area contributed by atoms with Crippen molar-refractivity contribution in [1.82, 2.24) is 10.6 Å². The summed E-state index contributed by atoms with van der Waals surface area (Å²) in [4.78, 5) is 0. The lowest BCUT2D eigenvalue weighted by Gasteiger charge is -2.17. The molecule has 0 radical (unpaired) electrons. The minimum absolute atomic E-state index is 0.462. The minimum Gasteiger partial charge on any atom is -0.377 e. The van der Waals surface area contributed by atoms with Crippen LogP contribution >= 0.6 is 0 Å². The average molecular weight is 200 g/mol. The smallest absolute Gasteiger partial charge is 0.0700 e. The highest BCUT2D eigenvalue weighted by molar-refractivity contribution is 4.71. The van der Waals surface area contributed by atoms with Gasteiger partial charge < -0.3 is 15.4 Å². The van der Waals surface area contributed by atoms with Crippen molar-refractivity contribution in [2.24, 2.45) is 0 Å². The van der Waals surface area contributed by atoms with E-state index in [1.165, 1.54) is 19.3 Å². The highest BCUT2D eigenvalue weighted by Gasteiger charge is 2.15. The van der Waals surface area contributed by atoms with E-state index >= 15 is 0 Å². The topological polar surface area (TPSA) is 33.3 Å². The standard InChI is InChI=1S/C11H24N2O/c1-3-6-12-8-10(2)13-9-11-5-4-7-14-11/h10-13H,3-9H2,1-2H3/t10?,11-/m0/s1. The van der Waals surface area contributed by atoms with Gasteiger partial charge in [0.05, 0.1) is 6.10 Å². The Balaban J connectivity index is 1.93. The number of ether oxygens (including phenoxy) is 1. The lowest BCUT2D eigenvalue weighted by molar-refractivity contribution is 0.108. The van der Waals surface area contributed by atoms with Crippen molar-refractivity contribution < 1.29 is 4.74 Å². The number of hydrogen-bond donors (Lipinski definition) is 2. The first-order chi connectivity index (χ1) is 6.83. The maximum absolute atomic E-state index is 5.55. The summed E-state index contributed by atoms with van der Waals surface area (Å²) >= 11 is 0. The van der Waals surface area contributed by atoms with E-state index in [-0.39, 0.29) is 0 Å². The fraction of sp³-hybridized carbons (Fsp3) is 1.00. The lowest BCUT2D eigenvalue weighted by atomic mass is 10.2. The van der Waals surface area contributed by atoms with Gasteiger partial charge in [0.2, 0.25) is 0 Å². The Hall–Kier alpha value is -0.120. The largest absolute Gasteiger partial charge is 0.377 e. The molecule has 0 aromatic carbocycles.